The number of pyridine rings is 1. The van der Waals surface area contributed by atoms with Crippen molar-refractivity contribution in [2.45, 2.75) is 36.0 Å². The zero-order valence-corrected chi connectivity index (χ0v) is 19.3. The first-order valence-electron chi connectivity index (χ1n) is 9.85. The normalized spacial score (nSPS) is 20.1. The second-order valence-electron chi connectivity index (χ2n) is 7.45. The Bertz CT molecular complexity index is 1330. The van der Waals surface area contributed by atoms with Gasteiger partial charge in [-0.3, -0.25) is 14.5 Å². The maximum Gasteiger partial charge on any atom is 0.419 e. The van der Waals surface area contributed by atoms with Gasteiger partial charge in [-0.05, 0) is 18.9 Å². The Hall–Kier alpha value is -3.93. The third kappa shape index (κ3) is 4.51. The molecule has 2 aliphatic rings. The largest absolute Gasteiger partial charge is 0.477 e. The first-order chi connectivity index (χ1) is 16.9. The zero-order chi connectivity index (χ0) is 26.4. The lowest BCUT2D eigenvalue weighted by atomic mass is 9.86. The van der Waals surface area contributed by atoms with Crippen LogP contribution in [0.4, 0.5) is 24.1 Å². The van der Waals surface area contributed by atoms with Crippen molar-refractivity contribution in [2.24, 2.45) is 5.16 Å². The maximum atomic E-state index is 13.2. The number of fused-ring (bicyclic) bond motifs is 1. The predicted octanol–water partition coefficient (Wildman–Crippen LogP) is 0.873. The Labute approximate surface area is 207 Å². The van der Waals surface area contributed by atoms with Gasteiger partial charge in [0.2, 0.25) is 11.5 Å². The first-order valence-corrected chi connectivity index (χ1v) is 11.4. The van der Waals surface area contributed by atoms with Gasteiger partial charge in [0.15, 0.2) is 5.13 Å². The fourth-order valence-corrected chi connectivity index (χ4v) is 5.25. The highest BCUT2D eigenvalue weighted by atomic mass is 32.2. The molecule has 2 atom stereocenters. The van der Waals surface area contributed by atoms with Crippen molar-refractivity contribution in [3.8, 4) is 0 Å². The van der Waals surface area contributed by atoms with E-state index in [4.69, 9.17) is 11.5 Å². The number of nitrogen functional groups attached to an aromatic ring is 2. The molecule has 190 valence electrons. The summed E-state index contributed by atoms with van der Waals surface area (Å²) in [5.41, 5.74) is 8.59. The lowest BCUT2D eigenvalue weighted by Crippen LogP contribution is -2.72. The van der Waals surface area contributed by atoms with E-state index in [1.807, 2.05) is 0 Å². The molecule has 2 amide bonds. The van der Waals surface area contributed by atoms with E-state index in [0.29, 0.717) is 0 Å². The average Bonchev–Trinajstić information content (AvgIpc) is 3.23. The number of alkyl halides is 3. The summed E-state index contributed by atoms with van der Waals surface area (Å²) >= 11 is 1.48. The molecule has 0 bridgehead atoms. The second-order valence-corrected chi connectivity index (χ2v) is 9.40. The number of thioether (sulfide) groups is 1. The van der Waals surface area contributed by atoms with Crippen molar-refractivity contribution in [1.29, 1.82) is 0 Å². The van der Waals surface area contributed by atoms with Gasteiger partial charge in [-0.25, -0.2) is 9.78 Å². The molecule has 2 aliphatic heterocycles. The van der Waals surface area contributed by atoms with Crippen LogP contribution in [-0.4, -0.2) is 65.1 Å². The number of carboxylic acids is 1. The molecule has 0 spiro atoms. The molecule has 2 aromatic rings. The number of nitrogens with zero attached hydrogens (tertiary/aromatic N) is 5. The van der Waals surface area contributed by atoms with Gasteiger partial charge in [-0.2, -0.15) is 22.5 Å². The number of aliphatic carboxylic acids is 1. The molecule has 0 aromatic carbocycles. The lowest BCUT2D eigenvalue weighted by Gasteiger charge is -2.50. The fourth-order valence-electron chi connectivity index (χ4n) is 3.74. The van der Waals surface area contributed by atoms with Crippen LogP contribution in [0.15, 0.2) is 32.9 Å². The molecule has 1 fully saturated rings. The van der Waals surface area contributed by atoms with Crippen LogP contribution >= 0.6 is 23.3 Å². The van der Waals surface area contributed by atoms with Crippen LogP contribution in [0.2, 0.25) is 0 Å². The third-order valence-corrected chi connectivity index (χ3v) is 6.94. The lowest BCUT2D eigenvalue weighted by molar-refractivity contribution is -0.155. The summed E-state index contributed by atoms with van der Waals surface area (Å²) in [5, 5.41) is 24.2. The van der Waals surface area contributed by atoms with Crippen molar-refractivity contribution >= 4 is 57.7 Å². The van der Waals surface area contributed by atoms with E-state index in [0.717, 1.165) is 40.5 Å². The SMILES string of the molecule is Nc1nc(/C(=N/O)C(=O)N[C@@H]2C(=O)N3C(C(=O)O)=C(Sc4cnc(N)c(C(F)(F)F)c4)CCC23)ns1. The van der Waals surface area contributed by atoms with Gasteiger partial charge in [-0.1, -0.05) is 16.9 Å². The minimum atomic E-state index is -4.76. The predicted molar refractivity (Wildman–Crippen MR) is 119 cm³/mol. The van der Waals surface area contributed by atoms with Crippen LogP contribution in [0.5, 0.6) is 0 Å². The third-order valence-electron chi connectivity index (χ3n) is 5.29. The molecule has 7 N–H and O–H groups in total. The fraction of sp³-hybridized carbons (Fsp3) is 0.278. The van der Waals surface area contributed by atoms with Gasteiger partial charge >= 0.3 is 12.1 Å². The highest BCUT2D eigenvalue weighted by Gasteiger charge is 2.54. The molecule has 0 radical (unpaired) electrons. The Morgan fingerprint density at radius 3 is 2.64 bits per heavy atom. The van der Waals surface area contributed by atoms with Crippen LogP contribution < -0.4 is 16.8 Å². The molecular formula is C18H15F3N8O5S2. The molecular weight excluding hydrogens is 529 g/mol. The van der Waals surface area contributed by atoms with E-state index in [9.17, 15) is 37.9 Å². The molecule has 13 nitrogen and oxygen atoms in total. The molecule has 2 aromatic heterocycles. The number of carbonyl (C=O) groups excluding carboxylic acids is 2. The van der Waals surface area contributed by atoms with Gasteiger partial charge in [0.05, 0.1) is 11.6 Å². The van der Waals surface area contributed by atoms with Crippen LogP contribution in [0, 0.1) is 0 Å². The minimum Gasteiger partial charge on any atom is -0.477 e. The molecule has 18 heteroatoms. The summed E-state index contributed by atoms with van der Waals surface area (Å²) in [6, 6.07) is -1.14. The van der Waals surface area contributed by atoms with Crippen LogP contribution in [0.3, 0.4) is 0 Å². The number of rotatable bonds is 6. The van der Waals surface area contributed by atoms with Crippen molar-refractivity contribution in [3.63, 3.8) is 0 Å². The van der Waals surface area contributed by atoms with E-state index >= 15 is 0 Å². The zero-order valence-electron chi connectivity index (χ0n) is 17.7. The Morgan fingerprint density at radius 1 is 1.33 bits per heavy atom. The Morgan fingerprint density at radius 2 is 2.06 bits per heavy atom. The Kier molecular flexibility index (Phi) is 6.48. The van der Waals surface area contributed by atoms with Crippen molar-refractivity contribution in [1.82, 2.24) is 24.6 Å². The first kappa shape index (κ1) is 25.2. The standard InChI is InChI=1S/C18H15F3N8O5S2/c19-18(20,21)6-3-5(4-24-12(6)22)35-8-2-1-7-9(15(31)29(7)11(8)16(32)33)25-14(30)10(27-34)13-26-17(23)36-28-13/h3-4,7,9,34H,1-2H2,(H2,22,24)(H,25,30)(H,32,33)(H2,23,26,28)/b27-10-/t7?,9-/m0/s1. The highest BCUT2D eigenvalue weighted by Crippen LogP contribution is 2.44. The Balaban J connectivity index is 1.55. The van der Waals surface area contributed by atoms with Crippen molar-refractivity contribution in [2.75, 3.05) is 11.5 Å². The van der Waals surface area contributed by atoms with E-state index < -0.39 is 58.8 Å². The number of aromatic nitrogens is 3. The number of nitrogens with two attached hydrogens (primary N) is 2. The molecule has 1 saturated heterocycles. The number of β-lactam (4-membered cyclic amide) rings is 1. The second kappa shape index (κ2) is 9.26. The summed E-state index contributed by atoms with van der Waals surface area (Å²) in [4.78, 5) is 45.7. The van der Waals surface area contributed by atoms with E-state index in [2.05, 4.69) is 24.8 Å². The summed E-state index contributed by atoms with van der Waals surface area (Å²) in [5.74, 6) is -4.20. The van der Waals surface area contributed by atoms with Crippen LogP contribution in [0.25, 0.3) is 0 Å². The number of carboxylic acid groups (broad SMARTS) is 1. The van der Waals surface area contributed by atoms with Crippen molar-refractivity contribution < 1.29 is 37.9 Å². The van der Waals surface area contributed by atoms with Gasteiger partial charge in [-0.15, -0.1) is 0 Å². The quantitative estimate of drug-likeness (QED) is 0.149. The summed E-state index contributed by atoms with van der Waals surface area (Å²) in [6.07, 6.45) is -3.41. The number of carbonyl (C=O) groups is 3. The summed E-state index contributed by atoms with van der Waals surface area (Å²) < 4.78 is 43.3. The number of amides is 2. The van der Waals surface area contributed by atoms with E-state index in [-0.39, 0.29) is 33.6 Å². The van der Waals surface area contributed by atoms with Gasteiger partial charge in [0.25, 0.3) is 11.8 Å². The number of nitrogens with one attached hydrogen (secondary N) is 1. The van der Waals surface area contributed by atoms with Crippen LogP contribution in [-0.2, 0) is 20.6 Å². The number of halogens is 3. The van der Waals surface area contributed by atoms with Crippen LogP contribution in [0.1, 0.15) is 24.2 Å². The molecule has 4 heterocycles. The summed E-state index contributed by atoms with van der Waals surface area (Å²) in [6.45, 7) is 0. The van der Waals surface area contributed by atoms with Gasteiger partial charge in [0.1, 0.15) is 17.6 Å². The molecule has 0 aliphatic carbocycles. The number of anilines is 2. The van der Waals surface area contributed by atoms with Crippen molar-refractivity contribution in [3.05, 3.63) is 34.3 Å². The van der Waals surface area contributed by atoms with Gasteiger partial charge in [0, 0.05) is 27.5 Å². The molecule has 36 heavy (non-hydrogen) atoms. The highest BCUT2D eigenvalue weighted by molar-refractivity contribution is 8.03. The monoisotopic (exact) mass is 544 g/mol. The van der Waals surface area contributed by atoms with E-state index in [1.165, 1.54) is 0 Å². The minimum absolute atomic E-state index is 0.0112. The molecule has 1 unspecified atom stereocenters. The topological polar surface area (TPSA) is 210 Å². The van der Waals surface area contributed by atoms with Gasteiger partial charge < -0.3 is 27.1 Å². The van der Waals surface area contributed by atoms with E-state index in [1.54, 1.807) is 0 Å². The number of hydrogen-bond acceptors (Lipinski definition) is 12. The number of hydrogen-bond donors (Lipinski definition) is 5. The number of oxime groups is 1. The molecule has 4 rings (SSSR count). The smallest absolute Gasteiger partial charge is 0.419 e. The maximum absolute atomic E-state index is 13.2. The number of allylic oxidation sites excluding steroid dienone is 1. The average molecular weight is 544 g/mol. The molecule has 0 saturated carbocycles. The summed E-state index contributed by atoms with van der Waals surface area (Å²) in [7, 11) is 0.